The molecule has 5 nitrogen and oxygen atoms in total. The normalized spacial score (nSPS) is 10.8. The third-order valence-corrected chi connectivity index (χ3v) is 3.27. The van der Waals surface area contributed by atoms with Crippen molar-refractivity contribution in [1.82, 2.24) is 14.8 Å². The highest BCUT2D eigenvalue weighted by Gasteiger charge is 2.09. The van der Waals surface area contributed by atoms with Gasteiger partial charge in [-0.1, -0.05) is 24.3 Å². The number of para-hydroxylation sites is 1. The smallest absolute Gasteiger partial charge is 0.231 e. The summed E-state index contributed by atoms with van der Waals surface area (Å²) in [6.07, 6.45) is 0.245. The molecule has 0 fully saturated rings. The fourth-order valence-electron chi connectivity index (χ4n) is 2.29. The Morgan fingerprint density at radius 2 is 2.05 bits per heavy atom. The van der Waals surface area contributed by atoms with E-state index in [4.69, 9.17) is 0 Å². The molecule has 21 heavy (non-hydrogen) atoms. The summed E-state index contributed by atoms with van der Waals surface area (Å²) >= 11 is 0. The number of carbonyl (C=O) groups is 1. The Morgan fingerprint density at radius 3 is 2.81 bits per heavy atom. The summed E-state index contributed by atoms with van der Waals surface area (Å²) in [6, 6.07) is 13.6. The van der Waals surface area contributed by atoms with Gasteiger partial charge in [-0.25, -0.2) is 0 Å². The second-order valence-electron chi connectivity index (χ2n) is 5.01. The lowest BCUT2D eigenvalue weighted by Gasteiger charge is -2.05. The first-order valence-electron chi connectivity index (χ1n) is 6.77. The van der Waals surface area contributed by atoms with E-state index in [0.717, 1.165) is 22.3 Å². The molecular weight excluding hydrogens is 264 g/mol. The fraction of sp³-hybridized carbons (Fsp3) is 0.188. The Labute approximate surface area is 122 Å². The number of nitrogens with one attached hydrogen (secondary N) is 1. The van der Waals surface area contributed by atoms with Gasteiger partial charge in [0.1, 0.15) is 5.82 Å². The highest BCUT2D eigenvalue weighted by molar-refractivity contribution is 5.91. The first-order valence-corrected chi connectivity index (χ1v) is 6.77. The monoisotopic (exact) mass is 280 g/mol. The van der Waals surface area contributed by atoms with Crippen LogP contribution in [0.25, 0.3) is 10.9 Å². The molecule has 0 saturated heterocycles. The van der Waals surface area contributed by atoms with Crippen LogP contribution in [0.3, 0.4) is 0 Å². The summed E-state index contributed by atoms with van der Waals surface area (Å²) in [7, 11) is 1.80. The van der Waals surface area contributed by atoms with E-state index < -0.39 is 0 Å². The molecule has 0 bridgehead atoms. The van der Waals surface area contributed by atoms with Gasteiger partial charge in [-0.05, 0) is 19.1 Å². The lowest BCUT2D eigenvalue weighted by molar-refractivity contribution is -0.115. The molecule has 1 N–H and O–H groups in total. The zero-order valence-electron chi connectivity index (χ0n) is 12.0. The summed E-state index contributed by atoms with van der Waals surface area (Å²) < 4.78 is 1.65. The van der Waals surface area contributed by atoms with Gasteiger partial charge in [0.05, 0.1) is 23.3 Å². The maximum Gasteiger partial charge on any atom is 0.231 e. The molecule has 0 radical (unpaired) electrons. The molecule has 1 amide bonds. The number of fused-ring (bicyclic) bond motifs is 1. The fourth-order valence-corrected chi connectivity index (χ4v) is 2.29. The average molecular weight is 280 g/mol. The van der Waals surface area contributed by atoms with Crippen molar-refractivity contribution >= 4 is 22.6 Å². The van der Waals surface area contributed by atoms with Gasteiger partial charge in [0, 0.05) is 18.5 Å². The number of carbonyl (C=O) groups excluding carboxylic acids is 1. The maximum absolute atomic E-state index is 12.1. The highest BCUT2D eigenvalue weighted by atomic mass is 16.1. The highest BCUT2D eigenvalue weighted by Crippen LogP contribution is 2.13. The van der Waals surface area contributed by atoms with Gasteiger partial charge in [-0.3, -0.25) is 14.5 Å². The second-order valence-corrected chi connectivity index (χ2v) is 5.01. The first kappa shape index (κ1) is 13.3. The van der Waals surface area contributed by atoms with Crippen molar-refractivity contribution in [2.24, 2.45) is 7.05 Å². The van der Waals surface area contributed by atoms with E-state index in [1.54, 1.807) is 11.7 Å². The largest absolute Gasteiger partial charge is 0.311 e. The Kier molecular flexibility index (Phi) is 3.39. The van der Waals surface area contributed by atoms with Crippen LogP contribution in [0, 0.1) is 6.92 Å². The standard InChI is InChI=1S/C16H16N4O/c1-11-9-15(20(2)19-11)18-16(21)10-13-8-7-12-5-3-4-6-14(12)17-13/h3-9H,10H2,1-2H3,(H,18,21). The lowest BCUT2D eigenvalue weighted by Crippen LogP contribution is -2.17. The van der Waals surface area contributed by atoms with Gasteiger partial charge in [0.15, 0.2) is 0 Å². The maximum atomic E-state index is 12.1. The summed E-state index contributed by atoms with van der Waals surface area (Å²) in [5.41, 5.74) is 2.53. The van der Waals surface area contributed by atoms with Crippen LogP contribution in [0.4, 0.5) is 5.82 Å². The Morgan fingerprint density at radius 1 is 1.24 bits per heavy atom. The third kappa shape index (κ3) is 2.91. The zero-order chi connectivity index (χ0) is 14.8. The van der Waals surface area contributed by atoms with Gasteiger partial charge in [-0.2, -0.15) is 5.10 Å². The molecule has 1 aromatic carbocycles. The summed E-state index contributed by atoms with van der Waals surface area (Å²) in [5.74, 6) is 0.596. The van der Waals surface area contributed by atoms with Gasteiger partial charge in [-0.15, -0.1) is 0 Å². The number of benzene rings is 1. The van der Waals surface area contributed by atoms with Crippen LogP contribution in [0.1, 0.15) is 11.4 Å². The number of nitrogens with zero attached hydrogens (tertiary/aromatic N) is 3. The first-order chi connectivity index (χ1) is 10.1. The molecule has 0 aliphatic rings. The summed E-state index contributed by atoms with van der Waals surface area (Å²) in [5, 5.41) is 8.12. The molecule has 0 unspecified atom stereocenters. The van der Waals surface area contributed by atoms with Crippen molar-refractivity contribution in [2.45, 2.75) is 13.3 Å². The van der Waals surface area contributed by atoms with Gasteiger partial charge in [0.25, 0.3) is 0 Å². The third-order valence-electron chi connectivity index (χ3n) is 3.27. The Bertz CT molecular complexity index is 807. The van der Waals surface area contributed by atoms with E-state index in [1.165, 1.54) is 0 Å². The number of pyridine rings is 1. The van der Waals surface area contributed by atoms with Crippen LogP contribution < -0.4 is 5.32 Å². The molecule has 0 aliphatic carbocycles. The summed E-state index contributed by atoms with van der Waals surface area (Å²) in [6.45, 7) is 1.89. The molecule has 3 rings (SSSR count). The number of hydrogen-bond acceptors (Lipinski definition) is 3. The minimum atomic E-state index is -0.0965. The SMILES string of the molecule is Cc1cc(NC(=O)Cc2ccc3ccccc3n2)n(C)n1. The molecule has 106 valence electrons. The van der Waals surface area contributed by atoms with Crippen LogP contribution in [-0.4, -0.2) is 20.7 Å². The van der Waals surface area contributed by atoms with Crippen LogP contribution >= 0.6 is 0 Å². The molecular formula is C16H16N4O. The molecule has 2 aromatic heterocycles. The van der Waals surface area contributed by atoms with Crippen LogP contribution in [0.15, 0.2) is 42.5 Å². The number of rotatable bonds is 3. The van der Waals surface area contributed by atoms with E-state index in [9.17, 15) is 4.79 Å². The van der Waals surface area contributed by atoms with E-state index in [2.05, 4.69) is 15.4 Å². The average Bonchev–Trinajstić information content (AvgIpc) is 2.76. The Hall–Kier alpha value is -2.69. The topological polar surface area (TPSA) is 59.8 Å². The van der Waals surface area contributed by atoms with Crippen molar-refractivity contribution < 1.29 is 4.79 Å². The molecule has 3 aromatic rings. The van der Waals surface area contributed by atoms with Gasteiger partial charge >= 0.3 is 0 Å². The van der Waals surface area contributed by atoms with Crippen molar-refractivity contribution in [3.05, 3.63) is 53.9 Å². The minimum absolute atomic E-state index is 0.0965. The quantitative estimate of drug-likeness (QED) is 0.801. The van der Waals surface area contributed by atoms with Crippen molar-refractivity contribution in [1.29, 1.82) is 0 Å². The number of anilines is 1. The molecule has 0 atom stereocenters. The molecule has 5 heteroatoms. The van der Waals surface area contributed by atoms with E-state index in [0.29, 0.717) is 5.82 Å². The Balaban J connectivity index is 1.75. The lowest BCUT2D eigenvalue weighted by atomic mass is 10.2. The predicted molar refractivity (Wildman–Crippen MR) is 82.0 cm³/mol. The van der Waals surface area contributed by atoms with Gasteiger partial charge < -0.3 is 5.32 Å². The predicted octanol–water partition coefficient (Wildman–Crippen LogP) is 2.46. The molecule has 0 spiro atoms. The van der Waals surface area contributed by atoms with Crippen LogP contribution in [-0.2, 0) is 18.3 Å². The van der Waals surface area contributed by atoms with Crippen molar-refractivity contribution in [2.75, 3.05) is 5.32 Å². The van der Waals surface area contributed by atoms with E-state index in [-0.39, 0.29) is 12.3 Å². The molecule has 2 heterocycles. The number of aromatic nitrogens is 3. The molecule has 0 saturated carbocycles. The van der Waals surface area contributed by atoms with Crippen LogP contribution in [0.5, 0.6) is 0 Å². The van der Waals surface area contributed by atoms with Crippen LogP contribution in [0.2, 0.25) is 0 Å². The zero-order valence-corrected chi connectivity index (χ0v) is 12.0. The van der Waals surface area contributed by atoms with Gasteiger partial charge in [0.2, 0.25) is 5.91 Å². The molecule has 0 aliphatic heterocycles. The van der Waals surface area contributed by atoms with Crippen molar-refractivity contribution in [3.8, 4) is 0 Å². The number of aryl methyl sites for hydroxylation is 2. The minimum Gasteiger partial charge on any atom is -0.311 e. The summed E-state index contributed by atoms with van der Waals surface area (Å²) in [4.78, 5) is 16.6. The number of amides is 1. The van der Waals surface area contributed by atoms with E-state index >= 15 is 0 Å². The van der Waals surface area contributed by atoms with Crippen molar-refractivity contribution in [3.63, 3.8) is 0 Å². The van der Waals surface area contributed by atoms with E-state index in [1.807, 2.05) is 49.4 Å². The number of hydrogen-bond donors (Lipinski definition) is 1. The second kappa shape index (κ2) is 5.36.